The minimum absolute atomic E-state index is 0.207. The van der Waals surface area contributed by atoms with Crippen LogP contribution in [0.15, 0.2) is 40.8 Å². The molecule has 0 bridgehead atoms. The second-order valence-corrected chi connectivity index (χ2v) is 11.6. The number of rotatable bonds is 11. The minimum Gasteiger partial charge on any atom is -0.278 e. The standard InChI is InChI=1S/C32H33N3O2S/c1-2-3-4-5-6-7-8-9-10-13-16-35-31(36)24-17-21(19-33)27-23-14-11-12-15-26(23)38-30-22(20-34)18-25(32(35)37)28(24)29(27)30/h11-12,14-15,17,25H,2-10,13,16,18H2,1H3. The molecule has 38 heavy (non-hydrogen) atoms. The van der Waals surface area contributed by atoms with Crippen LogP contribution in [0.25, 0.3) is 16.0 Å². The topological polar surface area (TPSA) is 85.0 Å². The number of amides is 2. The molecule has 6 heteroatoms. The molecule has 1 atom stereocenters. The Hall–Kier alpha value is -3.35. The Kier molecular flexibility index (Phi) is 8.01. The SMILES string of the molecule is CCCCCCCCCCCCN1C(=O)c2cc(C#N)c3c4c2C(CC(C#N)=C4Sc2ccccc2-3)C1=O. The quantitative estimate of drug-likeness (QED) is 0.220. The average molecular weight is 524 g/mol. The molecule has 2 amide bonds. The first-order chi connectivity index (χ1) is 18.6. The van der Waals surface area contributed by atoms with Crippen molar-refractivity contribution in [3.8, 4) is 23.3 Å². The molecule has 0 N–H and O–H groups in total. The maximum atomic E-state index is 13.7. The Morgan fingerprint density at radius 1 is 0.895 bits per heavy atom. The van der Waals surface area contributed by atoms with E-state index >= 15 is 0 Å². The summed E-state index contributed by atoms with van der Waals surface area (Å²) < 4.78 is 0. The van der Waals surface area contributed by atoms with Crippen molar-refractivity contribution in [2.45, 2.75) is 88.4 Å². The Morgan fingerprint density at radius 2 is 1.58 bits per heavy atom. The summed E-state index contributed by atoms with van der Waals surface area (Å²) in [6.45, 7) is 2.62. The van der Waals surface area contributed by atoms with Gasteiger partial charge in [-0.3, -0.25) is 14.5 Å². The van der Waals surface area contributed by atoms with E-state index in [4.69, 9.17) is 0 Å². The number of nitriles is 2. The van der Waals surface area contributed by atoms with Crippen molar-refractivity contribution in [3.05, 3.63) is 58.2 Å². The predicted octanol–water partition coefficient (Wildman–Crippen LogP) is 7.96. The van der Waals surface area contributed by atoms with Crippen LogP contribution in [0.5, 0.6) is 0 Å². The molecule has 3 aliphatic rings. The van der Waals surface area contributed by atoms with Crippen molar-refractivity contribution in [3.63, 3.8) is 0 Å². The molecule has 194 valence electrons. The number of benzene rings is 2. The van der Waals surface area contributed by atoms with Gasteiger partial charge in [0.05, 0.1) is 23.6 Å². The van der Waals surface area contributed by atoms with Crippen LogP contribution in [0.2, 0.25) is 0 Å². The van der Waals surface area contributed by atoms with Gasteiger partial charge in [-0.1, -0.05) is 94.7 Å². The number of allylic oxidation sites excluding steroid dienone is 1. The van der Waals surface area contributed by atoms with Gasteiger partial charge in [0.25, 0.3) is 5.91 Å². The van der Waals surface area contributed by atoms with Crippen LogP contribution in [0.4, 0.5) is 0 Å². The highest BCUT2D eigenvalue weighted by atomic mass is 32.2. The van der Waals surface area contributed by atoms with Crippen molar-refractivity contribution in [1.29, 1.82) is 10.5 Å². The summed E-state index contributed by atoms with van der Waals surface area (Å²) in [6, 6.07) is 14.2. The van der Waals surface area contributed by atoms with Crippen LogP contribution >= 0.6 is 11.8 Å². The molecule has 1 aliphatic carbocycles. The van der Waals surface area contributed by atoms with Crippen LogP contribution in [0.3, 0.4) is 0 Å². The van der Waals surface area contributed by atoms with E-state index in [-0.39, 0.29) is 11.8 Å². The summed E-state index contributed by atoms with van der Waals surface area (Å²) in [4.78, 5) is 30.5. The molecular formula is C32H33N3O2S. The lowest BCUT2D eigenvalue weighted by molar-refractivity contribution is -0.130. The van der Waals surface area contributed by atoms with Gasteiger partial charge in [0.15, 0.2) is 0 Å². The van der Waals surface area contributed by atoms with E-state index in [2.05, 4.69) is 19.1 Å². The molecule has 2 aromatic rings. The first kappa shape index (κ1) is 26.3. The number of unbranched alkanes of at least 4 members (excludes halogenated alkanes) is 9. The Balaban J connectivity index is 1.38. The van der Waals surface area contributed by atoms with Gasteiger partial charge in [-0.2, -0.15) is 10.5 Å². The summed E-state index contributed by atoms with van der Waals surface area (Å²) in [6.07, 6.45) is 12.1. The van der Waals surface area contributed by atoms with Gasteiger partial charge in [-0.15, -0.1) is 0 Å². The van der Waals surface area contributed by atoms with E-state index in [0.717, 1.165) is 45.8 Å². The Morgan fingerprint density at radius 3 is 2.26 bits per heavy atom. The second-order valence-electron chi connectivity index (χ2n) is 10.5. The number of fused-ring (bicyclic) bond motifs is 2. The Labute approximate surface area is 229 Å². The third kappa shape index (κ3) is 4.67. The first-order valence-electron chi connectivity index (χ1n) is 14.0. The third-order valence-corrected chi connectivity index (χ3v) is 9.25. The van der Waals surface area contributed by atoms with Gasteiger partial charge in [0, 0.05) is 38.6 Å². The Bertz CT molecular complexity index is 1390. The first-order valence-corrected chi connectivity index (χ1v) is 14.8. The fourth-order valence-corrected chi connectivity index (χ4v) is 7.30. The summed E-state index contributed by atoms with van der Waals surface area (Å²) in [5, 5.41) is 20.1. The van der Waals surface area contributed by atoms with Crippen LogP contribution in [0.1, 0.15) is 111 Å². The van der Waals surface area contributed by atoms with Gasteiger partial charge < -0.3 is 0 Å². The molecule has 2 aromatic carbocycles. The molecule has 2 heterocycles. The predicted molar refractivity (Wildman–Crippen MR) is 150 cm³/mol. The molecule has 0 saturated carbocycles. The zero-order valence-corrected chi connectivity index (χ0v) is 22.8. The van der Waals surface area contributed by atoms with Gasteiger partial charge in [0.2, 0.25) is 5.91 Å². The van der Waals surface area contributed by atoms with Crippen LogP contribution in [-0.4, -0.2) is 23.3 Å². The smallest absolute Gasteiger partial charge is 0.260 e. The fraction of sp³-hybridized carbons (Fsp3) is 0.438. The maximum Gasteiger partial charge on any atom is 0.260 e. The van der Waals surface area contributed by atoms with E-state index in [1.807, 2.05) is 24.3 Å². The summed E-state index contributed by atoms with van der Waals surface area (Å²) in [5.74, 6) is -1.07. The van der Waals surface area contributed by atoms with Crippen molar-refractivity contribution in [1.82, 2.24) is 4.90 Å². The van der Waals surface area contributed by atoms with Crippen molar-refractivity contribution < 1.29 is 9.59 Å². The van der Waals surface area contributed by atoms with Gasteiger partial charge in [-0.05, 0) is 36.1 Å². The highest BCUT2D eigenvalue weighted by Gasteiger charge is 2.46. The monoisotopic (exact) mass is 523 g/mol. The number of hydrogen-bond acceptors (Lipinski definition) is 5. The zero-order valence-electron chi connectivity index (χ0n) is 22.0. The highest BCUT2D eigenvalue weighted by Crippen LogP contribution is 2.58. The van der Waals surface area contributed by atoms with E-state index in [0.29, 0.717) is 35.2 Å². The number of carbonyl (C=O) groups is 2. The van der Waals surface area contributed by atoms with Gasteiger partial charge in [-0.25, -0.2) is 0 Å². The lowest BCUT2D eigenvalue weighted by atomic mass is 9.73. The number of thioether (sulfide) groups is 1. The normalized spacial score (nSPS) is 17.1. The number of hydrogen-bond donors (Lipinski definition) is 0. The van der Waals surface area contributed by atoms with Gasteiger partial charge >= 0.3 is 0 Å². The van der Waals surface area contributed by atoms with E-state index in [1.54, 1.807) is 6.07 Å². The number of nitrogens with zero attached hydrogens (tertiary/aromatic N) is 3. The molecule has 1 unspecified atom stereocenters. The van der Waals surface area contributed by atoms with Crippen molar-refractivity contribution >= 4 is 28.5 Å². The molecule has 5 rings (SSSR count). The molecule has 2 aliphatic heterocycles. The average Bonchev–Trinajstić information content (AvgIpc) is 2.94. The highest BCUT2D eigenvalue weighted by molar-refractivity contribution is 8.08. The van der Waals surface area contributed by atoms with Gasteiger partial charge in [0.1, 0.15) is 0 Å². The van der Waals surface area contributed by atoms with E-state index in [9.17, 15) is 20.1 Å². The third-order valence-electron chi connectivity index (χ3n) is 8.02. The van der Waals surface area contributed by atoms with Crippen molar-refractivity contribution in [2.24, 2.45) is 0 Å². The summed E-state index contributed by atoms with van der Waals surface area (Å²) in [5.41, 5.74) is 4.55. The van der Waals surface area contributed by atoms with E-state index < -0.39 is 5.92 Å². The summed E-state index contributed by atoms with van der Waals surface area (Å²) in [7, 11) is 0. The maximum absolute atomic E-state index is 13.7. The molecule has 0 saturated heterocycles. The van der Waals surface area contributed by atoms with Crippen molar-refractivity contribution in [2.75, 3.05) is 6.54 Å². The fourth-order valence-electron chi connectivity index (χ4n) is 6.09. The van der Waals surface area contributed by atoms with Crippen LogP contribution in [0, 0.1) is 22.7 Å². The van der Waals surface area contributed by atoms with E-state index in [1.165, 1.54) is 61.6 Å². The largest absolute Gasteiger partial charge is 0.278 e. The minimum atomic E-state index is -0.559. The molecule has 0 fully saturated rings. The zero-order chi connectivity index (χ0) is 26.6. The van der Waals surface area contributed by atoms with Crippen LogP contribution < -0.4 is 0 Å². The number of imide groups is 1. The second kappa shape index (κ2) is 11.6. The molecule has 0 spiro atoms. The number of carbonyl (C=O) groups excluding carboxylic acids is 2. The van der Waals surface area contributed by atoms with Crippen LogP contribution in [-0.2, 0) is 4.79 Å². The lowest BCUT2D eigenvalue weighted by Gasteiger charge is -2.39. The molecule has 5 nitrogen and oxygen atoms in total. The molecule has 0 aromatic heterocycles. The molecule has 0 radical (unpaired) electrons. The molecular weight excluding hydrogens is 490 g/mol. The lowest BCUT2D eigenvalue weighted by Crippen LogP contribution is -2.46. The summed E-state index contributed by atoms with van der Waals surface area (Å²) >= 11 is 1.51.